The maximum atomic E-state index is 12.8. The molecule has 0 saturated carbocycles. The summed E-state index contributed by atoms with van der Waals surface area (Å²) in [5.41, 5.74) is 2.94. The second kappa shape index (κ2) is 7.22. The number of nitrogens with zero attached hydrogens (tertiary/aromatic N) is 2. The summed E-state index contributed by atoms with van der Waals surface area (Å²) in [4.78, 5) is 12.8. The fourth-order valence-corrected chi connectivity index (χ4v) is 3.68. The summed E-state index contributed by atoms with van der Waals surface area (Å²) >= 11 is 3.50. The zero-order chi connectivity index (χ0) is 19.8. The first-order chi connectivity index (χ1) is 14.2. The lowest BCUT2D eigenvalue weighted by Crippen LogP contribution is -2.04. The minimum absolute atomic E-state index is 0.0928. The van der Waals surface area contributed by atoms with Crippen LogP contribution in [0, 0.1) is 0 Å². The molecule has 0 fully saturated rings. The Labute approximate surface area is 175 Å². The van der Waals surface area contributed by atoms with E-state index in [9.17, 15) is 4.79 Å². The number of ether oxygens (including phenoxy) is 2. The van der Waals surface area contributed by atoms with Crippen molar-refractivity contribution in [2.75, 3.05) is 6.79 Å². The van der Waals surface area contributed by atoms with Gasteiger partial charge in [-0.2, -0.15) is 5.10 Å². The molecular weight excluding hydrogens is 432 g/mol. The van der Waals surface area contributed by atoms with Crippen LogP contribution in [0.5, 0.6) is 11.5 Å². The summed E-state index contributed by atoms with van der Waals surface area (Å²) in [5.74, 6) is 1.47. The zero-order valence-corrected chi connectivity index (χ0v) is 16.8. The van der Waals surface area contributed by atoms with Gasteiger partial charge >= 0.3 is 0 Å². The van der Waals surface area contributed by atoms with Crippen LogP contribution in [0.4, 0.5) is 0 Å². The molecule has 1 aliphatic rings. The number of para-hydroxylation sites is 1. The number of hydrogen-bond donors (Lipinski definition) is 0. The average molecular weight is 447 g/mol. The van der Waals surface area contributed by atoms with E-state index in [4.69, 9.17) is 14.6 Å². The van der Waals surface area contributed by atoms with Gasteiger partial charge in [-0.15, -0.1) is 0 Å². The van der Waals surface area contributed by atoms with Crippen molar-refractivity contribution in [3.8, 4) is 17.2 Å². The molecule has 0 amide bonds. The van der Waals surface area contributed by atoms with E-state index in [1.165, 1.54) is 0 Å². The van der Waals surface area contributed by atoms with Gasteiger partial charge in [0.05, 0.1) is 11.4 Å². The molecule has 6 heteroatoms. The fourth-order valence-electron chi connectivity index (χ4n) is 3.32. The molecule has 0 radical (unpaired) electrons. The van der Waals surface area contributed by atoms with E-state index in [0.717, 1.165) is 32.6 Å². The van der Waals surface area contributed by atoms with Crippen LogP contribution < -0.4 is 14.9 Å². The third kappa shape index (κ3) is 3.32. The summed E-state index contributed by atoms with van der Waals surface area (Å²) in [5, 5.41) is 5.50. The maximum Gasteiger partial charge on any atom is 0.231 e. The Hall–Kier alpha value is -3.38. The van der Waals surface area contributed by atoms with Crippen LogP contribution in [0.15, 0.2) is 76.0 Å². The van der Waals surface area contributed by atoms with E-state index >= 15 is 0 Å². The quantitative estimate of drug-likeness (QED) is 0.441. The lowest BCUT2D eigenvalue weighted by Gasteiger charge is -2.00. The summed E-state index contributed by atoms with van der Waals surface area (Å²) in [6, 6.07) is 20.6. The van der Waals surface area contributed by atoms with Crippen LogP contribution in [-0.2, 0) is 0 Å². The molecule has 3 aromatic carbocycles. The fraction of sp³-hybridized carbons (Fsp3) is 0.0435. The monoisotopic (exact) mass is 446 g/mol. The first-order valence-electron chi connectivity index (χ1n) is 9.05. The zero-order valence-electron chi connectivity index (χ0n) is 15.2. The smallest absolute Gasteiger partial charge is 0.231 e. The molecule has 142 valence electrons. The molecular formula is C23H15BrN2O3. The second-order valence-corrected chi connectivity index (χ2v) is 7.48. The predicted octanol–water partition coefficient (Wildman–Crippen LogP) is 5.05. The molecule has 5 rings (SSSR count). The van der Waals surface area contributed by atoms with E-state index in [1.807, 2.05) is 66.7 Å². The second-order valence-electron chi connectivity index (χ2n) is 6.57. The number of halogens is 1. The molecule has 0 N–H and O–H groups in total. The van der Waals surface area contributed by atoms with Gasteiger partial charge in [-0.1, -0.05) is 46.3 Å². The van der Waals surface area contributed by atoms with E-state index in [1.54, 1.807) is 16.8 Å². The molecule has 29 heavy (non-hydrogen) atoms. The molecule has 0 spiro atoms. The van der Waals surface area contributed by atoms with Crippen molar-refractivity contribution in [1.82, 2.24) is 9.78 Å². The first kappa shape index (κ1) is 17.7. The van der Waals surface area contributed by atoms with Crippen LogP contribution in [0.3, 0.4) is 0 Å². The van der Waals surface area contributed by atoms with Crippen molar-refractivity contribution in [1.29, 1.82) is 0 Å². The first-order valence-corrected chi connectivity index (χ1v) is 9.84. The Bertz CT molecular complexity index is 1310. The molecule has 0 saturated heterocycles. The molecule has 0 unspecified atom stereocenters. The van der Waals surface area contributed by atoms with Crippen LogP contribution in [-0.4, -0.2) is 16.6 Å². The van der Waals surface area contributed by atoms with Crippen molar-refractivity contribution < 1.29 is 9.47 Å². The van der Waals surface area contributed by atoms with E-state index in [2.05, 4.69) is 15.9 Å². The Morgan fingerprint density at radius 3 is 2.62 bits per heavy atom. The third-order valence-electron chi connectivity index (χ3n) is 4.69. The highest BCUT2D eigenvalue weighted by atomic mass is 79.9. The number of hydrogen-bond acceptors (Lipinski definition) is 4. The van der Waals surface area contributed by atoms with Crippen LogP contribution in [0.25, 0.3) is 28.7 Å². The molecule has 5 nitrogen and oxygen atoms in total. The molecule has 1 aromatic heterocycles. The molecule has 1 aliphatic heterocycles. The normalized spacial score (nSPS) is 12.7. The van der Waals surface area contributed by atoms with Gasteiger partial charge in [-0.3, -0.25) is 4.79 Å². The number of benzene rings is 2. The van der Waals surface area contributed by atoms with E-state index in [0.29, 0.717) is 11.2 Å². The molecule has 0 aliphatic carbocycles. The predicted molar refractivity (Wildman–Crippen MR) is 117 cm³/mol. The number of rotatable bonds is 3. The van der Waals surface area contributed by atoms with Crippen LogP contribution in [0.1, 0.15) is 11.3 Å². The molecule has 0 atom stereocenters. The highest BCUT2D eigenvalue weighted by Gasteiger charge is 2.14. The summed E-state index contributed by atoms with van der Waals surface area (Å²) < 4.78 is 13.3. The summed E-state index contributed by atoms with van der Waals surface area (Å²) in [6.45, 7) is 0.241. The minimum atomic E-state index is -0.0928. The molecule has 0 bridgehead atoms. The van der Waals surface area contributed by atoms with Crippen molar-refractivity contribution in [2.45, 2.75) is 0 Å². The van der Waals surface area contributed by atoms with Gasteiger partial charge < -0.3 is 9.47 Å². The van der Waals surface area contributed by atoms with Gasteiger partial charge in [-0.25, -0.2) is 4.68 Å². The third-order valence-corrected chi connectivity index (χ3v) is 5.18. The van der Waals surface area contributed by atoms with Gasteiger partial charge in [0.25, 0.3) is 0 Å². The lowest BCUT2D eigenvalue weighted by atomic mass is 10.1. The Morgan fingerprint density at radius 1 is 0.931 bits per heavy atom. The van der Waals surface area contributed by atoms with Gasteiger partial charge in [0, 0.05) is 9.86 Å². The SMILES string of the molecule is O=c1ccc(Br)cc2c(/C=C/c3ccc4c(c3)OCO4)nn(-c3ccccc3)c12. The highest BCUT2D eigenvalue weighted by Crippen LogP contribution is 2.33. The van der Waals surface area contributed by atoms with E-state index < -0.39 is 0 Å². The Balaban J connectivity index is 1.68. The highest BCUT2D eigenvalue weighted by molar-refractivity contribution is 9.10. The van der Waals surface area contributed by atoms with Gasteiger partial charge in [0.15, 0.2) is 11.5 Å². The van der Waals surface area contributed by atoms with Gasteiger partial charge in [0.1, 0.15) is 5.52 Å². The lowest BCUT2D eigenvalue weighted by molar-refractivity contribution is 0.174. The molecule has 4 aromatic rings. The number of aromatic nitrogens is 2. The Kier molecular flexibility index (Phi) is 4.41. The Morgan fingerprint density at radius 2 is 1.76 bits per heavy atom. The van der Waals surface area contributed by atoms with E-state index in [-0.39, 0.29) is 12.2 Å². The summed E-state index contributed by atoms with van der Waals surface area (Å²) in [7, 11) is 0. The van der Waals surface area contributed by atoms with Gasteiger partial charge in [0.2, 0.25) is 12.2 Å². The van der Waals surface area contributed by atoms with Crippen molar-refractivity contribution in [3.05, 3.63) is 92.7 Å². The van der Waals surface area contributed by atoms with Gasteiger partial charge in [-0.05, 0) is 54.1 Å². The largest absolute Gasteiger partial charge is 0.454 e. The topological polar surface area (TPSA) is 53.4 Å². The standard InChI is InChI=1S/C23H15BrN2O3/c24-16-8-10-20(27)23-18(13-16)19(25-26(23)17-4-2-1-3-5-17)9-6-15-7-11-21-22(12-15)29-14-28-21/h1-13H,14H2/b9-6+. The van der Waals surface area contributed by atoms with Crippen LogP contribution in [0.2, 0.25) is 0 Å². The summed E-state index contributed by atoms with van der Waals surface area (Å²) in [6.07, 6.45) is 3.86. The minimum Gasteiger partial charge on any atom is -0.454 e. The maximum absolute atomic E-state index is 12.8. The van der Waals surface area contributed by atoms with Crippen LogP contribution >= 0.6 is 15.9 Å². The molecule has 2 heterocycles. The van der Waals surface area contributed by atoms with Crippen molar-refractivity contribution in [2.24, 2.45) is 0 Å². The van der Waals surface area contributed by atoms with Crippen molar-refractivity contribution >= 4 is 39.0 Å². The average Bonchev–Trinajstić information content (AvgIpc) is 3.32. The van der Waals surface area contributed by atoms with Crippen molar-refractivity contribution in [3.63, 3.8) is 0 Å². The number of fused-ring (bicyclic) bond motifs is 2.